The van der Waals surface area contributed by atoms with Gasteiger partial charge in [0.15, 0.2) is 5.83 Å². The number of nitrogen functional groups attached to an aromatic ring is 1. The summed E-state index contributed by atoms with van der Waals surface area (Å²) in [5.41, 5.74) is 4.45. The summed E-state index contributed by atoms with van der Waals surface area (Å²) in [4.78, 5) is 27.0. The molecular weight excluding hydrogens is 490 g/mol. The molecule has 1 aliphatic heterocycles. The minimum Gasteiger partial charge on any atom is -0.384 e. The number of anilines is 2. The average Bonchev–Trinajstić information content (AvgIpc) is 2.81. The summed E-state index contributed by atoms with van der Waals surface area (Å²) in [6, 6.07) is 5.64. The van der Waals surface area contributed by atoms with Gasteiger partial charge in [0.1, 0.15) is 24.0 Å². The van der Waals surface area contributed by atoms with Gasteiger partial charge in [-0.1, -0.05) is 18.2 Å². The van der Waals surface area contributed by atoms with E-state index in [2.05, 4.69) is 21.5 Å². The van der Waals surface area contributed by atoms with Crippen LogP contribution in [-0.4, -0.2) is 51.4 Å². The van der Waals surface area contributed by atoms with E-state index in [0.717, 1.165) is 17.0 Å². The Balaban J connectivity index is 1.77. The summed E-state index contributed by atoms with van der Waals surface area (Å²) in [5.74, 6) is -1.89. The molecule has 35 heavy (non-hydrogen) atoms. The van der Waals surface area contributed by atoms with Crippen LogP contribution in [0.1, 0.15) is 5.56 Å². The van der Waals surface area contributed by atoms with Crippen LogP contribution >= 0.6 is 11.6 Å². The Morgan fingerprint density at radius 1 is 1.26 bits per heavy atom. The molecule has 3 aromatic rings. The molecule has 8 nitrogen and oxygen atoms in total. The summed E-state index contributed by atoms with van der Waals surface area (Å²) < 4.78 is 54.1. The third-order valence-corrected chi connectivity index (χ3v) is 5.81. The Hall–Kier alpha value is -3.98. The molecule has 1 saturated heterocycles. The highest BCUT2D eigenvalue weighted by atomic mass is 35.5. The normalized spacial score (nSPS) is 16.3. The Morgan fingerprint density at radius 2 is 2.00 bits per heavy atom. The first-order valence-electron chi connectivity index (χ1n) is 10.1. The largest absolute Gasteiger partial charge is 0.418 e. The maximum Gasteiger partial charge on any atom is 0.418 e. The number of aromatic nitrogens is 3. The maximum atomic E-state index is 13.6. The number of hydrogen-bond acceptors (Lipinski definition) is 7. The second-order valence-corrected chi connectivity index (χ2v) is 8.08. The van der Waals surface area contributed by atoms with E-state index in [1.54, 1.807) is 4.90 Å². The van der Waals surface area contributed by atoms with Gasteiger partial charge in [-0.15, -0.1) is 0 Å². The molecule has 0 spiro atoms. The Morgan fingerprint density at radius 3 is 2.66 bits per heavy atom. The van der Waals surface area contributed by atoms with Crippen molar-refractivity contribution in [2.75, 3.05) is 30.3 Å². The minimum absolute atomic E-state index is 0.00992. The van der Waals surface area contributed by atoms with Crippen LogP contribution in [-0.2, 0) is 11.0 Å². The molecule has 2 aromatic heterocycles. The molecule has 0 bridgehead atoms. The van der Waals surface area contributed by atoms with Gasteiger partial charge in [0, 0.05) is 24.0 Å². The molecule has 1 fully saturated rings. The molecule has 13 heteroatoms. The molecule has 3 heterocycles. The highest BCUT2D eigenvalue weighted by molar-refractivity contribution is 6.34. The van der Waals surface area contributed by atoms with Gasteiger partial charge < -0.3 is 15.5 Å². The molecule has 0 aliphatic carbocycles. The molecule has 1 atom stereocenters. The highest BCUT2D eigenvalue weighted by Crippen LogP contribution is 2.41. The second kappa shape index (κ2) is 8.99. The number of nitriles is 1. The average molecular weight is 506 g/mol. The number of nitrogens with zero attached hydrogens (tertiary/aromatic N) is 6. The molecule has 1 unspecified atom stereocenters. The van der Waals surface area contributed by atoms with E-state index in [-0.39, 0.29) is 41.6 Å². The van der Waals surface area contributed by atoms with Gasteiger partial charge in [0.2, 0.25) is 0 Å². The zero-order chi connectivity index (χ0) is 25.5. The number of benzene rings is 1. The molecular formula is C22H16ClF4N7O. The number of carbonyl (C=O) groups is 1. The smallest absolute Gasteiger partial charge is 0.384 e. The summed E-state index contributed by atoms with van der Waals surface area (Å²) in [6.07, 6.45) is -3.48. The SMILES string of the molecule is C=C(F)C(=O)N1CCN(c2ncnc3cc(-c4nc(N)ccc4C(F)(F)F)c(Cl)cc23)CC1C#N. The van der Waals surface area contributed by atoms with Crippen molar-refractivity contribution in [1.29, 1.82) is 5.26 Å². The number of carbonyl (C=O) groups excluding carboxylic acids is 1. The third kappa shape index (κ3) is 4.54. The first kappa shape index (κ1) is 24.2. The maximum absolute atomic E-state index is 13.6. The lowest BCUT2D eigenvalue weighted by Crippen LogP contribution is -2.55. The summed E-state index contributed by atoms with van der Waals surface area (Å²) in [7, 11) is 0. The number of fused-ring (bicyclic) bond motifs is 1. The zero-order valence-electron chi connectivity index (χ0n) is 17.9. The summed E-state index contributed by atoms with van der Waals surface area (Å²) in [5, 5.41) is 9.87. The van der Waals surface area contributed by atoms with E-state index in [9.17, 15) is 27.6 Å². The molecule has 180 valence electrons. The monoisotopic (exact) mass is 505 g/mol. The molecule has 0 saturated carbocycles. The van der Waals surface area contributed by atoms with E-state index in [0.29, 0.717) is 11.2 Å². The van der Waals surface area contributed by atoms with E-state index >= 15 is 0 Å². The van der Waals surface area contributed by atoms with Crippen molar-refractivity contribution in [3.8, 4) is 17.3 Å². The molecule has 1 aromatic carbocycles. The molecule has 2 N–H and O–H groups in total. The standard InChI is InChI=1S/C22H16ClF4N7O/c1-11(24)21(35)34-5-4-33(9-12(34)8-28)20-14-6-16(23)13(7-17(14)30-10-31-20)19-15(22(25,26)27)2-3-18(29)32-19/h2-3,6-7,10,12H,1,4-5,9H2,(H2,29,32). The van der Waals surface area contributed by atoms with Gasteiger partial charge in [0.05, 0.1) is 34.4 Å². The Kier molecular flexibility index (Phi) is 6.21. The van der Waals surface area contributed by atoms with Crippen molar-refractivity contribution in [2.45, 2.75) is 12.2 Å². The third-order valence-electron chi connectivity index (χ3n) is 5.50. The van der Waals surface area contributed by atoms with Crippen LogP contribution in [0.4, 0.5) is 29.2 Å². The van der Waals surface area contributed by atoms with Gasteiger partial charge in [0.25, 0.3) is 5.91 Å². The van der Waals surface area contributed by atoms with Crippen LogP contribution in [0.2, 0.25) is 5.02 Å². The number of nitrogens with two attached hydrogens (primary N) is 1. The molecule has 1 aliphatic rings. The van der Waals surface area contributed by atoms with Crippen LogP contribution in [0, 0.1) is 11.3 Å². The van der Waals surface area contributed by atoms with E-state index < -0.39 is 35.2 Å². The second-order valence-electron chi connectivity index (χ2n) is 7.67. The van der Waals surface area contributed by atoms with Gasteiger partial charge >= 0.3 is 6.18 Å². The van der Waals surface area contributed by atoms with E-state index in [1.807, 2.05) is 6.07 Å². The van der Waals surface area contributed by atoms with Gasteiger partial charge in [-0.2, -0.15) is 18.4 Å². The lowest BCUT2D eigenvalue weighted by atomic mass is 10.0. The zero-order valence-corrected chi connectivity index (χ0v) is 18.6. The fourth-order valence-electron chi connectivity index (χ4n) is 3.89. The number of piperazine rings is 1. The lowest BCUT2D eigenvalue weighted by molar-refractivity contribution is -0.137. The van der Waals surface area contributed by atoms with Crippen LogP contribution in [0.3, 0.4) is 0 Å². The fraction of sp³-hybridized carbons (Fsp3) is 0.227. The summed E-state index contributed by atoms with van der Waals surface area (Å²) >= 11 is 6.40. The predicted octanol–water partition coefficient (Wildman–Crippen LogP) is 3.97. The first-order chi connectivity index (χ1) is 16.5. The van der Waals surface area contributed by atoms with Crippen molar-refractivity contribution in [2.24, 2.45) is 0 Å². The van der Waals surface area contributed by atoms with Crippen molar-refractivity contribution in [1.82, 2.24) is 19.9 Å². The number of hydrogen-bond donors (Lipinski definition) is 1. The number of alkyl halides is 3. The topological polar surface area (TPSA) is 112 Å². The van der Waals surface area contributed by atoms with Crippen molar-refractivity contribution in [3.63, 3.8) is 0 Å². The van der Waals surface area contributed by atoms with Crippen molar-refractivity contribution < 1.29 is 22.4 Å². The Labute approximate surface area is 201 Å². The summed E-state index contributed by atoms with van der Waals surface area (Å²) in [6.45, 7) is 3.23. The number of halogens is 5. The molecule has 4 rings (SSSR count). The Bertz CT molecular complexity index is 1390. The van der Waals surface area contributed by atoms with Gasteiger partial charge in [-0.3, -0.25) is 4.79 Å². The molecule has 1 amide bonds. The van der Waals surface area contributed by atoms with Crippen molar-refractivity contribution >= 4 is 40.0 Å². The number of pyridine rings is 1. The fourth-order valence-corrected chi connectivity index (χ4v) is 4.14. The van der Waals surface area contributed by atoms with E-state index in [4.69, 9.17) is 17.3 Å². The molecule has 0 radical (unpaired) electrons. The van der Waals surface area contributed by atoms with Crippen molar-refractivity contribution in [3.05, 3.63) is 53.6 Å². The number of rotatable bonds is 3. The lowest BCUT2D eigenvalue weighted by Gasteiger charge is -2.38. The van der Waals surface area contributed by atoms with Crippen LogP contribution in [0.15, 0.2) is 43.0 Å². The number of amides is 1. The van der Waals surface area contributed by atoms with Crippen LogP contribution < -0.4 is 10.6 Å². The van der Waals surface area contributed by atoms with Crippen LogP contribution in [0.5, 0.6) is 0 Å². The highest BCUT2D eigenvalue weighted by Gasteiger charge is 2.36. The predicted molar refractivity (Wildman–Crippen MR) is 121 cm³/mol. The van der Waals surface area contributed by atoms with Gasteiger partial charge in [-0.25, -0.2) is 19.3 Å². The van der Waals surface area contributed by atoms with E-state index in [1.165, 1.54) is 18.5 Å². The van der Waals surface area contributed by atoms with Gasteiger partial charge in [-0.05, 0) is 24.3 Å². The minimum atomic E-state index is -4.69. The van der Waals surface area contributed by atoms with Crippen LogP contribution in [0.25, 0.3) is 22.2 Å². The quantitative estimate of drug-likeness (QED) is 0.423. The first-order valence-corrected chi connectivity index (χ1v) is 10.5.